The van der Waals surface area contributed by atoms with Crippen LogP contribution in [0.25, 0.3) is 0 Å². The van der Waals surface area contributed by atoms with Crippen molar-refractivity contribution in [2.24, 2.45) is 11.8 Å². The summed E-state index contributed by atoms with van der Waals surface area (Å²) >= 11 is 0. The minimum absolute atomic E-state index is 0.145. The molecular weight excluding hydrogens is 225 g/mol. The first-order valence-corrected chi connectivity index (χ1v) is 7.08. The van der Waals surface area contributed by atoms with Gasteiger partial charge in [0.1, 0.15) is 5.82 Å². The van der Waals surface area contributed by atoms with Gasteiger partial charge in [0.05, 0.1) is 0 Å². The Kier molecular flexibility index (Phi) is 4.26. The van der Waals surface area contributed by atoms with Gasteiger partial charge >= 0.3 is 0 Å². The molecule has 1 aromatic rings. The molecule has 0 saturated heterocycles. The zero-order valence-corrected chi connectivity index (χ0v) is 11.7. The van der Waals surface area contributed by atoms with Crippen LogP contribution >= 0.6 is 0 Å². The molecule has 1 nitrogen and oxygen atoms in total. The van der Waals surface area contributed by atoms with Crippen LogP contribution in [0.5, 0.6) is 0 Å². The Morgan fingerprint density at radius 2 is 1.78 bits per heavy atom. The molecule has 0 atom stereocenters. The Balaban J connectivity index is 1.91. The normalized spacial score (nSPS) is 24.3. The maximum atomic E-state index is 13.3. The summed E-state index contributed by atoms with van der Waals surface area (Å²) in [5.74, 6) is 1.52. The number of halogens is 1. The van der Waals surface area contributed by atoms with E-state index in [4.69, 9.17) is 0 Å². The molecule has 1 aliphatic rings. The Morgan fingerprint density at radius 1 is 1.11 bits per heavy atom. The third-order valence-corrected chi connectivity index (χ3v) is 4.13. The van der Waals surface area contributed by atoms with Gasteiger partial charge in [-0.05, 0) is 68.2 Å². The van der Waals surface area contributed by atoms with Gasteiger partial charge in [0, 0.05) is 11.7 Å². The van der Waals surface area contributed by atoms with E-state index in [9.17, 15) is 4.39 Å². The van der Waals surface area contributed by atoms with Gasteiger partial charge in [-0.1, -0.05) is 13.8 Å². The third kappa shape index (κ3) is 3.47. The second-order valence-electron chi connectivity index (χ2n) is 6.02. The highest BCUT2D eigenvalue weighted by Gasteiger charge is 2.23. The standard InChI is InChI=1S/C16H24FN/c1-11(2)13-4-6-15(7-5-13)18-16-9-12(3)8-14(17)10-16/h8-11,13,15,18H,4-7H2,1-3H3. The van der Waals surface area contributed by atoms with Gasteiger partial charge in [0.25, 0.3) is 0 Å². The van der Waals surface area contributed by atoms with Gasteiger partial charge in [0.2, 0.25) is 0 Å². The largest absolute Gasteiger partial charge is 0.382 e. The maximum absolute atomic E-state index is 13.3. The Hall–Kier alpha value is -1.05. The fourth-order valence-electron chi connectivity index (χ4n) is 2.99. The number of anilines is 1. The van der Waals surface area contributed by atoms with Crippen LogP contribution in [0.2, 0.25) is 0 Å². The van der Waals surface area contributed by atoms with Gasteiger partial charge in [-0.3, -0.25) is 0 Å². The first-order valence-electron chi connectivity index (χ1n) is 7.08. The monoisotopic (exact) mass is 249 g/mol. The van der Waals surface area contributed by atoms with Crippen molar-refractivity contribution < 1.29 is 4.39 Å². The lowest BCUT2D eigenvalue weighted by atomic mass is 9.79. The molecule has 0 spiro atoms. The maximum Gasteiger partial charge on any atom is 0.125 e. The molecule has 2 heteroatoms. The summed E-state index contributed by atoms with van der Waals surface area (Å²) < 4.78 is 13.3. The summed E-state index contributed by atoms with van der Waals surface area (Å²) in [6.07, 6.45) is 5.00. The first-order chi connectivity index (χ1) is 8.54. The Labute approximate surface area is 110 Å². The molecule has 1 aromatic carbocycles. The minimum atomic E-state index is -0.145. The molecule has 1 fully saturated rings. The van der Waals surface area contributed by atoms with Gasteiger partial charge in [-0.25, -0.2) is 4.39 Å². The predicted octanol–water partition coefficient (Wildman–Crippen LogP) is 4.76. The lowest BCUT2D eigenvalue weighted by Gasteiger charge is -2.31. The van der Waals surface area contributed by atoms with Crippen molar-refractivity contribution in [1.82, 2.24) is 0 Å². The van der Waals surface area contributed by atoms with Gasteiger partial charge in [0.15, 0.2) is 0 Å². The minimum Gasteiger partial charge on any atom is -0.382 e. The van der Waals surface area contributed by atoms with Crippen molar-refractivity contribution in [3.05, 3.63) is 29.6 Å². The van der Waals surface area contributed by atoms with Crippen molar-refractivity contribution in [2.45, 2.75) is 52.5 Å². The highest BCUT2D eigenvalue weighted by Crippen LogP contribution is 2.31. The molecule has 0 amide bonds. The van der Waals surface area contributed by atoms with E-state index in [0.717, 1.165) is 23.1 Å². The van der Waals surface area contributed by atoms with Crippen LogP contribution < -0.4 is 5.32 Å². The summed E-state index contributed by atoms with van der Waals surface area (Å²) in [7, 11) is 0. The topological polar surface area (TPSA) is 12.0 Å². The van der Waals surface area contributed by atoms with Crippen LogP contribution in [-0.4, -0.2) is 6.04 Å². The summed E-state index contributed by atoms with van der Waals surface area (Å²) in [6, 6.07) is 5.71. The fraction of sp³-hybridized carbons (Fsp3) is 0.625. The van der Waals surface area contributed by atoms with Crippen LogP contribution in [0.1, 0.15) is 45.1 Å². The van der Waals surface area contributed by atoms with Crippen molar-refractivity contribution in [2.75, 3.05) is 5.32 Å². The van der Waals surface area contributed by atoms with Crippen molar-refractivity contribution in [3.8, 4) is 0 Å². The summed E-state index contributed by atoms with van der Waals surface area (Å²) in [4.78, 5) is 0. The second-order valence-corrected chi connectivity index (χ2v) is 6.02. The average molecular weight is 249 g/mol. The van der Waals surface area contributed by atoms with Gasteiger partial charge in [-0.15, -0.1) is 0 Å². The summed E-state index contributed by atoms with van der Waals surface area (Å²) in [5.41, 5.74) is 1.91. The SMILES string of the molecule is Cc1cc(F)cc(NC2CCC(C(C)C)CC2)c1. The molecule has 0 bridgehead atoms. The fourth-order valence-corrected chi connectivity index (χ4v) is 2.99. The quantitative estimate of drug-likeness (QED) is 0.814. The molecule has 0 aromatic heterocycles. The summed E-state index contributed by atoms with van der Waals surface area (Å²) in [5, 5.41) is 3.48. The smallest absolute Gasteiger partial charge is 0.125 e. The van der Waals surface area contributed by atoms with E-state index in [0.29, 0.717) is 6.04 Å². The van der Waals surface area contributed by atoms with Crippen LogP contribution in [0.15, 0.2) is 18.2 Å². The van der Waals surface area contributed by atoms with E-state index in [1.807, 2.05) is 13.0 Å². The van der Waals surface area contributed by atoms with E-state index < -0.39 is 0 Å². The molecular formula is C16H24FN. The molecule has 1 aliphatic carbocycles. The zero-order chi connectivity index (χ0) is 13.1. The molecule has 100 valence electrons. The number of hydrogen-bond donors (Lipinski definition) is 1. The van der Waals surface area contributed by atoms with Crippen LogP contribution in [0.4, 0.5) is 10.1 Å². The van der Waals surface area contributed by atoms with Crippen LogP contribution in [0.3, 0.4) is 0 Å². The molecule has 1 N–H and O–H groups in total. The molecule has 0 aliphatic heterocycles. The highest BCUT2D eigenvalue weighted by molar-refractivity contribution is 5.46. The van der Waals surface area contributed by atoms with E-state index in [2.05, 4.69) is 19.2 Å². The summed E-state index contributed by atoms with van der Waals surface area (Å²) in [6.45, 7) is 6.56. The predicted molar refractivity (Wildman–Crippen MR) is 75.3 cm³/mol. The van der Waals surface area contributed by atoms with Crippen molar-refractivity contribution in [1.29, 1.82) is 0 Å². The molecule has 0 unspecified atom stereocenters. The van der Waals surface area contributed by atoms with E-state index in [1.165, 1.54) is 25.7 Å². The van der Waals surface area contributed by atoms with Crippen LogP contribution in [-0.2, 0) is 0 Å². The molecule has 1 saturated carbocycles. The molecule has 0 radical (unpaired) electrons. The van der Waals surface area contributed by atoms with Gasteiger partial charge in [-0.2, -0.15) is 0 Å². The number of rotatable bonds is 3. The van der Waals surface area contributed by atoms with E-state index in [1.54, 1.807) is 12.1 Å². The Bertz CT molecular complexity index is 372. The molecule has 18 heavy (non-hydrogen) atoms. The average Bonchev–Trinajstić information content (AvgIpc) is 2.28. The second kappa shape index (κ2) is 5.73. The third-order valence-electron chi connectivity index (χ3n) is 4.13. The number of nitrogens with one attached hydrogen (secondary N) is 1. The highest BCUT2D eigenvalue weighted by atomic mass is 19.1. The number of benzene rings is 1. The zero-order valence-electron chi connectivity index (χ0n) is 11.7. The number of aryl methyl sites for hydroxylation is 1. The van der Waals surface area contributed by atoms with E-state index >= 15 is 0 Å². The van der Waals surface area contributed by atoms with Crippen molar-refractivity contribution >= 4 is 5.69 Å². The lowest BCUT2D eigenvalue weighted by molar-refractivity contribution is 0.267. The molecule has 0 heterocycles. The molecule has 2 rings (SSSR count). The van der Waals surface area contributed by atoms with Crippen LogP contribution in [0, 0.1) is 24.6 Å². The first kappa shape index (κ1) is 13.4. The number of hydrogen-bond acceptors (Lipinski definition) is 1. The van der Waals surface area contributed by atoms with Crippen molar-refractivity contribution in [3.63, 3.8) is 0 Å². The lowest BCUT2D eigenvalue weighted by Crippen LogP contribution is -2.27. The van der Waals surface area contributed by atoms with Gasteiger partial charge < -0.3 is 5.32 Å². The Morgan fingerprint density at radius 3 is 2.33 bits per heavy atom. The van der Waals surface area contributed by atoms with E-state index in [-0.39, 0.29) is 5.82 Å².